The fourth-order valence-corrected chi connectivity index (χ4v) is 2.85. The first-order valence-corrected chi connectivity index (χ1v) is 13.3. The van der Waals surface area contributed by atoms with Crippen molar-refractivity contribution < 1.29 is 0 Å². The molecule has 0 saturated carbocycles. The molecule has 5 rings (SSSR count). The second-order valence-electron chi connectivity index (χ2n) is 7.97. The summed E-state index contributed by atoms with van der Waals surface area (Å²) in [6, 6.07) is 0. The van der Waals surface area contributed by atoms with Crippen molar-refractivity contribution >= 4 is 0 Å². The van der Waals surface area contributed by atoms with Crippen molar-refractivity contribution in [3.8, 4) is 0 Å². The molecule has 0 amide bonds. The van der Waals surface area contributed by atoms with Gasteiger partial charge in [-0.1, -0.05) is 173 Å². The minimum atomic E-state index is 1.14. The predicted octanol–water partition coefficient (Wildman–Crippen LogP) is 11.2. The van der Waals surface area contributed by atoms with Crippen LogP contribution in [-0.2, 0) is 0 Å². The Morgan fingerprint density at radius 3 is 1.00 bits per heavy atom. The van der Waals surface area contributed by atoms with Crippen LogP contribution in [0.1, 0.15) is 71.1 Å². The van der Waals surface area contributed by atoms with Gasteiger partial charge in [0.1, 0.15) is 0 Å². The van der Waals surface area contributed by atoms with E-state index in [1.54, 1.807) is 0 Å². The summed E-state index contributed by atoms with van der Waals surface area (Å²) in [7, 11) is 0. The molecule has 0 N–H and O–H groups in total. The third-order valence-electron chi connectivity index (χ3n) is 4.77. The zero-order valence-corrected chi connectivity index (χ0v) is 22.1. The molecule has 5 aliphatic rings. The highest BCUT2D eigenvalue weighted by Gasteiger charge is 1.82. The van der Waals surface area contributed by atoms with Gasteiger partial charge in [-0.3, -0.25) is 0 Å². The van der Waals surface area contributed by atoms with Crippen molar-refractivity contribution in [1.82, 2.24) is 0 Å². The van der Waals surface area contributed by atoms with Gasteiger partial charge >= 0.3 is 0 Å². The predicted molar refractivity (Wildman–Crippen MR) is 163 cm³/mol. The topological polar surface area (TPSA) is 0 Å². The van der Waals surface area contributed by atoms with Crippen molar-refractivity contribution in [2.24, 2.45) is 0 Å². The molecular weight excluding hydrogens is 420 g/mol. The molecule has 0 aromatic heterocycles. The third kappa shape index (κ3) is 30.9. The number of unbranched alkanes of at least 4 members (excludes halogenated alkanes) is 4. The first-order chi connectivity index (χ1) is 17.4. The van der Waals surface area contributed by atoms with Gasteiger partial charge in [0.2, 0.25) is 0 Å². The molecule has 0 saturated heterocycles. The largest absolute Gasteiger partial charge is 0.0991 e. The first-order valence-electron chi connectivity index (χ1n) is 13.3. The second kappa shape index (κ2) is 30.9. The number of hydrogen-bond acceptors (Lipinski definition) is 0. The lowest BCUT2D eigenvalue weighted by molar-refractivity contribution is 0.674. The van der Waals surface area contributed by atoms with Crippen LogP contribution in [0.15, 0.2) is 146 Å². The third-order valence-corrected chi connectivity index (χ3v) is 4.77. The highest BCUT2D eigenvalue weighted by atomic mass is 13.9. The van der Waals surface area contributed by atoms with Crippen LogP contribution in [0.5, 0.6) is 0 Å². The van der Waals surface area contributed by atoms with E-state index in [1.807, 2.05) is 12.2 Å². The Hall–Kier alpha value is -3.12. The van der Waals surface area contributed by atoms with Crippen molar-refractivity contribution in [3.63, 3.8) is 0 Å². The normalized spacial score (nSPS) is 15.6. The van der Waals surface area contributed by atoms with E-state index >= 15 is 0 Å². The molecule has 0 bridgehead atoms. The van der Waals surface area contributed by atoms with Crippen molar-refractivity contribution in [2.75, 3.05) is 0 Å². The number of hydrogen-bond donors (Lipinski definition) is 0. The van der Waals surface area contributed by atoms with Crippen LogP contribution in [0, 0.1) is 0 Å². The maximum Gasteiger partial charge on any atom is -0.0163 e. The van der Waals surface area contributed by atoms with Crippen LogP contribution in [0.3, 0.4) is 0 Å². The molecule has 5 aliphatic carbocycles. The Labute approximate surface area is 217 Å². The van der Waals surface area contributed by atoms with Crippen molar-refractivity contribution in [1.29, 1.82) is 0 Å². The Morgan fingerprint density at radius 1 is 0.486 bits per heavy atom. The van der Waals surface area contributed by atoms with Gasteiger partial charge in [0.25, 0.3) is 0 Å². The lowest BCUT2D eigenvalue weighted by atomic mass is 10.1. The summed E-state index contributed by atoms with van der Waals surface area (Å²) in [6.07, 6.45) is 60.2. The molecule has 0 spiro atoms. The zero-order chi connectivity index (χ0) is 25.3. The quantitative estimate of drug-likeness (QED) is 0.268. The van der Waals surface area contributed by atoms with E-state index in [-0.39, 0.29) is 0 Å². The van der Waals surface area contributed by atoms with Crippen molar-refractivity contribution in [2.45, 2.75) is 71.1 Å². The maximum absolute atomic E-state index is 3.61. The lowest BCUT2D eigenvalue weighted by Crippen LogP contribution is -1.72. The molecule has 0 fully saturated rings. The zero-order valence-electron chi connectivity index (χ0n) is 22.1. The molecule has 0 aromatic carbocycles. The molecule has 0 atom stereocenters. The fourth-order valence-electron chi connectivity index (χ4n) is 2.85. The van der Waals surface area contributed by atoms with Crippen LogP contribution in [0.2, 0.25) is 0 Å². The summed E-state index contributed by atoms with van der Waals surface area (Å²) in [5.74, 6) is 0. The summed E-state index contributed by atoms with van der Waals surface area (Å²) < 4.78 is 0. The highest BCUT2D eigenvalue weighted by Crippen LogP contribution is 2.02. The maximum atomic E-state index is 3.61. The van der Waals surface area contributed by atoms with Crippen LogP contribution in [0.25, 0.3) is 0 Å². The van der Waals surface area contributed by atoms with E-state index in [4.69, 9.17) is 0 Å². The van der Waals surface area contributed by atoms with Gasteiger partial charge in [-0.05, 0) is 44.9 Å². The number of allylic oxidation sites excluding steroid dienone is 23. The van der Waals surface area contributed by atoms with E-state index in [1.165, 1.54) is 32.1 Å². The van der Waals surface area contributed by atoms with Crippen LogP contribution in [-0.4, -0.2) is 0 Å². The average molecular weight is 469 g/mol. The van der Waals surface area contributed by atoms with Gasteiger partial charge in [-0.2, -0.15) is 0 Å². The standard InChI is InChI=1S/C10H18.5C5H6/c1-3-5-7-9-10-8-6-4-2;5*1-2-4-5-3-1/h3,5,7H,1,4,6,8-10H2,2H3;5*1-4H,5H2. The van der Waals surface area contributed by atoms with Gasteiger partial charge in [0.15, 0.2) is 0 Å². The molecule has 0 heteroatoms. The lowest BCUT2D eigenvalue weighted by Gasteiger charge is -1.92. The molecule has 188 valence electrons. The van der Waals surface area contributed by atoms with E-state index in [0.717, 1.165) is 32.1 Å². The molecule has 0 heterocycles. The van der Waals surface area contributed by atoms with Gasteiger partial charge in [-0.15, -0.1) is 0 Å². The van der Waals surface area contributed by atoms with Crippen LogP contribution >= 0.6 is 0 Å². The summed E-state index contributed by atoms with van der Waals surface area (Å²) >= 11 is 0. The second-order valence-corrected chi connectivity index (χ2v) is 7.97. The Kier molecular flexibility index (Phi) is 28.1. The van der Waals surface area contributed by atoms with E-state index < -0.39 is 0 Å². The van der Waals surface area contributed by atoms with Crippen molar-refractivity contribution in [3.05, 3.63) is 146 Å². The van der Waals surface area contributed by atoms with Gasteiger partial charge in [0, 0.05) is 0 Å². The molecule has 0 radical (unpaired) electrons. The molecular formula is C35H48. The monoisotopic (exact) mass is 468 g/mol. The fraction of sp³-hybridized carbons (Fsp3) is 0.314. The molecule has 0 aromatic rings. The SMILES string of the molecule is C1=CCC=C1.C1=CCC=C1.C1=CCC=C1.C1=CCC=C1.C1=CCC=C1.C=CC=CCCCCCC. The molecule has 0 nitrogen and oxygen atoms in total. The van der Waals surface area contributed by atoms with E-state index in [9.17, 15) is 0 Å². The Balaban J connectivity index is 0.000000406. The smallest absolute Gasteiger partial charge is 0.0163 e. The van der Waals surface area contributed by atoms with Gasteiger partial charge in [0.05, 0.1) is 0 Å². The Bertz CT molecular complexity index is 604. The summed E-state index contributed by atoms with van der Waals surface area (Å²) in [4.78, 5) is 0. The van der Waals surface area contributed by atoms with Gasteiger partial charge in [-0.25, -0.2) is 0 Å². The van der Waals surface area contributed by atoms with Crippen LogP contribution < -0.4 is 0 Å². The number of rotatable bonds is 6. The Morgan fingerprint density at radius 2 is 0.800 bits per heavy atom. The van der Waals surface area contributed by atoms with E-state index in [2.05, 4.69) is 141 Å². The highest BCUT2D eigenvalue weighted by molar-refractivity contribution is 5.14. The van der Waals surface area contributed by atoms with Gasteiger partial charge < -0.3 is 0 Å². The van der Waals surface area contributed by atoms with E-state index in [0.29, 0.717) is 0 Å². The molecule has 0 aliphatic heterocycles. The first kappa shape index (κ1) is 31.9. The minimum absolute atomic E-state index is 1.14. The molecule has 35 heavy (non-hydrogen) atoms. The minimum Gasteiger partial charge on any atom is -0.0991 e. The summed E-state index contributed by atoms with van der Waals surface area (Å²) in [6.45, 7) is 5.84. The average Bonchev–Trinajstić information content (AvgIpc) is 3.75. The summed E-state index contributed by atoms with van der Waals surface area (Å²) in [5, 5.41) is 0. The van der Waals surface area contributed by atoms with Crippen LogP contribution in [0.4, 0.5) is 0 Å². The molecule has 0 unspecified atom stereocenters. The summed E-state index contributed by atoms with van der Waals surface area (Å²) in [5.41, 5.74) is 0.